The Kier molecular flexibility index (Phi) is 4.55. The van der Waals surface area contributed by atoms with Crippen LogP contribution in [0.5, 0.6) is 0 Å². The van der Waals surface area contributed by atoms with Crippen LogP contribution in [0.4, 0.5) is 0 Å². The number of nitrogens with one attached hydrogen (secondary N) is 2. The van der Waals surface area contributed by atoms with Crippen molar-refractivity contribution in [2.24, 2.45) is 5.92 Å². The fraction of sp³-hybridized carbons (Fsp3) is 1.00. The topological polar surface area (TPSA) is 24.1 Å². The number of hydrogen-bond donors (Lipinski definition) is 2. The van der Waals surface area contributed by atoms with Crippen LogP contribution in [0.25, 0.3) is 0 Å². The first-order chi connectivity index (χ1) is 5.43. The van der Waals surface area contributed by atoms with E-state index < -0.39 is 0 Å². The molecule has 0 aromatic carbocycles. The summed E-state index contributed by atoms with van der Waals surface area (Å²) in [6.07, 6.45) is 3.97. The van der Waals surface area contributed by atoms with E-state index >= 15 is 0 Å². The van der Waals surface area contributed by atoms with Crippen molar-refractivity contribution >= 4 is 0 Å². The highest BCUT2D eigenvalue weighted by Crippen LogP contribution is 2.09. The predicted octanol–water partition coefficient (Wildman–Crippen LogP) is 0.986. The smallest absolute Gasteiger partial charge is 0.00196 e. The molecule has 1 heterocycles. The van der Waals surface area contributed by atoms with Gasteiger partial charge in [0, 0.05) is 0 Å². The molecule has 0 aromatic rings. The molecule has 1 rings (SSSR count). The third-order valence-corrected chi connectivity index (χ3v) is 2.32. The summed E-state index contributed by atoms with van der Waals surface area (Å²) in [5.41, 5.74) is 0. The molecule has 0 unspecified atom stereocenters. The van der Waals surface area contributed by atoms with Crippen molar-refractivity contribution < 1.29 is 0 Å². The van der Waals surface area contributed by atoms with Gasteiger partial charge in [-0.1, -0.05) is 6.92 Å². The van der Waals surface area contributed by atoms with Gasteiger partial charge >= 0.3 is 0 Å². The van der Waals surface area contributed by atoms with E-state index in [1.54, 1.807) is 0 Å². The van der Waals surface area contributed by atoms with E-state index in [0.717, 1.165) is 5.92 Å². The summed E-state index contributed by atoms with van der Waals surface area (Å²) in [5.74, 6) is 0.933. The highest BCUT2D eigenvalue weighted by Gasteiger charge is 2.11. The van der Waals surface area contributed by atoms with Crippen LogP contribution in [0, 0.1) is 5.92 Å². The van der Waals surface area contributed by atoms with E-state index in [0.29, 0.717) is 0 Å². The average Bonchev–Trinajstić information content (AvgIpc) is 2.07. The standard InChI is InChI=1S/C9H20N2/c1-2-5-11-8-9-3-6-10-7-4-9/h9-11H,2-8H2,1H3. The molecular weight excluding hydrogens is 136 g/mol. The molecule has 1 aliphatic heterocycles. The normalized spacial score (nSPS) is 20.5. The minimum Gasteiger partial charge on any atom is -0.317 e. The summed E-state index contributed by atoms with van der Waals surface area (Å²) in [7, 11) is 0. The molecular formula is C9H20N2. The number of hydrogen-bond acceptors (Lipinski definition) is 2. The fourth-order valence-corrected chi connectivity index (χ4v) is 1.57. The van der Waals surface area contributed by atoms with Crippen LogP contribution in [0.15, 0.2) is 0 Å². The zero-order valence-corrected chi connectivity index (χ0v) is 7.53. The average molecular weight is 156 g/mol. The summed E-state index contributed by atoms with van der Waals surface area (Å²) in [6, 6.07) is 0. The van der Waals surface area contributed by atoms with Crippen molar-refractivity contribution in [2.45, 2.75) is 26.2 Å². The van der Waals surface area contributed by atoms with Gasteiger partial charge in [-0.15, -0.1) is 0 Å². The van der Waals surface area contributed by atoms with Gasteiger partial charge in [0.15, 0.2) is 0 Å². The second-order valence-electron chi connectivity index (χ2n) is 3.40. The predicted molar refractivity (Wildman–Crippen MR) is 48.8 cm³/mol. The molecule has 1 aliphatic rings. The van der Waals surface area contributed by atoms with Crippen molar-refractivity contribution in [1.29, 1.82) is 0 Å². The summed E-state index contributed by atoms with van der Waals surface area (Å²) >= 11 is 0. The van der Waals surface area contributed by atoms with Crippen molar-refractivity contribution in [2.75, 3.05) is 26.2 Å². The van der Waals surface area contributed by atoms with Crippen molar-refractivity contribution in [1.82, 2.24) is 10.6 Å². The molecule has 0 bridgehead atoms. The van der Waals surface area contributed by atoms with Crippen LogP contribution in [-0.4, -0.2) is 26.2 Å². The van der Waals surface area contributed by atoms with Gasteiger partial charge in [0.25, 0.3) is 0 Å². The second-order valence-corrected chi connectivity index (χ2v) is 3.40. The molecule has 0 saturated carbocycles. The van der Waals surface area contributed by atoms with Crippen LogP contribution in [-0.2, 0) is 0 Å². The largest absolute Gasteiger partial charge is 0.317 e. The van der Waals surface area contributed by atoms with Gasteiger partial charge < -0.3 is 10.6 Å². The molecule has 11 heavy (non-hydrogen) atoms. The Hall–Kier alpha value is -0.0800. The fourth-order valence-electron chi connectivity index (χ4n) is 1.57. The number of piperidine rings is 1. The minimum atomic E-state index is 0.933. The van der Waals surface area contributed by atoms with Gasteiger partial charge in [-0.3, -0.25) is 0 Å². The van der Waals surface area contributed by atoms with Crippen LogP contribution in [0.2, 0.25) is 0 Å². The summed E-state index contributed by atoms with van der Waals surface area (Å²) in [4.78, 5) is 0. The van der Waals surface area contributed by atoms with Crippen molar-refractivity contribution in [3.05, 3.63) is 0 Å². The molecule has 0 atom stereocenters. The lowest BCUT2D eigenvalue weighted by molar-refractivity contribution is 0.357. The quantitative estimate of drug-likeness (QED) is 0.593. The third-order valence-electron chi connectivity index (χ3n) is 2.32. The maximum atomic E-state index is 3.48. The van der Waals surface area contributed by atoms with Crippen molar-refractivity contribution in [3.8, 4) is 0 Å². The molecule has 2 heteroatoms. The Balaban J connectivity index is 1.96. The Bertz CT molecular complexity index is 87.6. The maximum absolute atomic E-state index is 3.48. The lowest BCUT2D eigenvalue weighted by atomic mass is 9.98. The maximum Gasteiger partial charge on any atom is -0.00196 e. The monoisotopic (exact) mass is 156 g/mol. The first-order valence-corrected chi connectivity index (χ1v) is 4.85. The molecule has 0 aliphatic carbocycles. The Labute approximate surface area is 69.8 Å². The highest BCUT2D eigenvalue weighted by atomic mass is 14.9. The molecule has 2 N–H and O–H groups in total. The number of rotatable bonds is 4. The zero-order valence-electron chi connectivity index (χ0n) is 7.53. The van der Waals surface area contributed by atoms with Crippen molar-refractivity contribution in [3.63, 3.8) is 0 Å². The van der Waals surface area contributed by atoms with E-state index in [4.69, 9.17) is 0 Å². The Morgan fingerprint density at radius 3 is 2.73 bits per heavy atom. The summed E-state index contributed by atoms with van der Waals surface area (Å²) < 4.78 is 0. The lowest BCUT2D eigenvalue weighted by Crippen LogP contribution is -2.33. The first kappa shape index (κ1) is 9.01. The third kappa shape index (κ3) is 3.73. The van der Waals surface area contributed by atoms with Gasteiger partial charge in [0.05, 0.1) is 0 Å². The van der Waals surface area contributed by atoms with Crippen LogP contribution in [0.1, 0.15) is 26.2 Å². The first-order valence-electron chi connectivity index (χ1n) is 4.85. The molecule has 0 amide bonds. The Morgan fingerprint density at radius 2 is 2.09 bits per heavy atom. The van der Waals surface area contributed by atoms with Gasteiger partial charge in [0.1, 0.15) is 0 Å². The molecule has 0 aromatic heterocycles. The second kappa shape index (κ2) is 5.56. The van der Waals surface area contributed by atoms with E-state index in [1.165, 1.54) is 45.4 Å². The van der Waals surface area contributed by atoms with Crippen LogP contribution >= 0.6 is 0 Å². The molecule has 2 nitrogen and oxygen atoms in total. The molecule has 0 radical (unpaired) electrons. The summed E-state index contributed by atoms with van der Waals surface area (Å²) in [5, 5.41) is 6.85. The van der Waals surface area contributed by atoms with E-state index in [-0.39, 0.29) is 0 Å². The van der Waals surface area contributed by atoms with Gasteiger partial charge in [0.2, 0.25) is 0 Å². The molecule has 0 spiro atoms. The lowest BCUT2D eigenvalue weighted by Gasteiger charge is -2.22. The van der Waals surface area contributed by atoms with E-state index in [2.05, 4.69) is 17.6 Å². The molecule has 66 valence electrons. The highest BCUT2D eigenvalue weighted by molar-refractivity contribution is 4.69. The SMILES string of the molecule is CCCNCC1CCNCC1. The van der Waals surface area contributed by atoms with Gasteiger partial charge in [-0.05, 0) is 51.4 Å². The molecule has 1 saturated heterocycles. The van der Waals surface area contributed by atoms with Crippen LogP contribution in [0.3, 0.4) is 0 Å². The summed E-state index contributed by atoms with van der Waals surface area (Å²) in [6.45, 7) is 7.08. The van der Waals surface area contributed by atoms with E-state index in [1.807, 2.05) is 0 Å². The van der Waals surface area contributed by atoms with E-state index in [9.17, 15) is 0 Å². The minimum absolute atomic E-state index is 0.933. The van der Waals surface area contributed by atoms with Gasteiger partial charge in [-0.2, -0.15) is 0 Å². The molecule has 1 fully saturated rings. The van der Waals surface area contributed by atoms with Gasteiger partial charge in [-0.25, -0.2) is 0 Å². The van der Waals surface area contributed by atoms with Crippen LogP contribution < -0.4 is 10.6 Å². The zero-order chi connectivity index (χ0) is 7.94. The Morgan fingerprint density at radius 1 is 1.36 bits per heavy atom.